The van der Waals surface area contributed by atoms with Gasteiger partial charge in [0.2, 0.25) is 11.8 Å². The third kappa shape index (κ3) is 7.11. The van der Waals surface area contributed by atoms with Crippen molar-refractivity contribution in [3.05, 3.63) is 70.7 Å². The van der Waals surface area contributed by atoms with Crippen LogP contribution < -0.4 is 25.3 Å². The minimum absolute atomic E-state index is 0.0383. The van der Waals surface area contributed by atoms with Crippen LogP contribution in [0, 0.1) is 5.82 Å². The van der Waals surface area contributed by atoms with Gasteiger partial charge in [0.15, 0.2) is 15.7 Å². The minimum Gasteiger partial charge on any atom is -0.497 e. The first kappa shape index (κ1) is 30.5. The van der Waals surface area contributed by atoms with Gasteiger partial charge in [0, 0.05) is 24.4 Å². The molecule has 0 fully saturated rings. The number of aromatic nitrogens is 1. The SMILES string of the molecule is COc1cc(COc2nc(C(F)(F)F)ccc2CNC(=O)C(C)c2ccc(S(C)(=O)=O)c(F)c2N)cc(OC)c1. The number of carbonyl (C=O) groups is 1. The first-order valence-electron chi connectivity index (χ1n) is 11.6. The summed E-state index contributed by atoms with van der Waals surface area (Å²) >= 11 is 0. The Bertz CT molecular complexity index is 1490. The minimum atomic E-state index is -4.74. The van der Waals surface area contributed by atoms with Crippen LogP contribution in [0.5, 0.6) is 17.4 Å². The van der Waals surface area contributed by atoms with Crippen LogP contribution >= 0.6 is 0 Å². The van der Waals surface area contributed by atoms with Crippen molar-refractivity contribution in [2.75, 3.05) is 26.2 Å². The largest absolute Gasteiger partial charge is 0.497 e. The number of alkyl halides is 3. The molecule has 0 radical (unpaired) electrons. The maximum absolute atomic E-state index is 14.6. The molecule has 1 aromatic heterocycles. The zero-order chi connectivity index (χ0) is 29.8. The lowest BCUT2D eigenvalue weighted by atomic mass is 9.98. The van der Waals surface area contributed by atoms with E-state index in [1.165, 1.54) is 27.2 Å². The Morgan fingerprint density at radius 1 is 1.07 bits per heavy atom. The normalized spacial score (nSPS) is 12.5. The van der Waals surface area contributed by atoms with Gasteiger partial charge < -0.3 is 25.3 Å². The molecule has 0 spiro atoms. The average molecular weight is 586 g/mol. The standard InChI is InChI=1S/C26H27F4N3O6S/c1-14(19-6-7-20(40(4,35)36)22(27)23(19)31)24(34)32-12-16-5-8-21(26(28,29)30)33-25(16)39-13-15-9-17(37-2)11-18(10-15)38-3/h5-11,14H,12-13,31H2,1-4H3,(H,32,34). The molecule has 3 rings (SSSR count). The van der Waals surface area contributed by atoms with Crippen LogP contribution in [0.3, 0.4) is 0 Å². The van der Waals surface area contributed by atoms with E-state index in [1.54, 1.807) is 18.2 Å². The van der Waals surface area contributed by atoms with E-state index in [4.69, 9.17) is 19.9 Å². The number of pyridine rings is 1. The fourth-order valence-electron chi connectivity index (χ4n) is 3.72. The molecule has 3 N–H and O–H groups in total. The molecule has 3 aromatic rings. The summed E-state index contributed by atoms with van der Waals surface area (Å²) in [7, 11) is -1.00. The third-order valence-corrected chi connectivity index (χ3v) is 7.02. The second-order valence-electron chi connectivity index (χ2n) is 8.76. The number of nitrogens with two attached hydrogens (primary N) is 1. The predicted molar refractivity (Wildman–Crippen MR) is 137 cm³/mol. The van der Waals surface area contributed by atoms with Crippen molar-refractivity contribution in [1.82, 2.24) is 10.3 Å². The van der Waals surface area contributed by atoms with Gasteiger partial charge in [-0.1, -0.05) is 6.07 Å². The van der Waals surface area contributed by atoms with Gasteiger partial charge in [0.05, 0.1) is 25.8 Å². The number of nitrogens with one attached hydrogen (secondary N) is 1. The van der Waals surface area contributed by atoms with E-state index >= 15 is 0 Å². The lowest BCUT2D eigenvalue weighted by molar-refractivity contribution is -0.141. The summed E-state index contributed by atoms with van der Waals surface area (Å²) in [6.45, 7) is 0.940. The van der Waals surface area contributed by atoms with Gasteiger partial charge in [-0.3, -0.25) is 4.79 Å². The van der Waals surface area contributed by atoms with Gasteiger partial charge in [-0.25, -0.2) is 17.8 Å². The number of amides is 1. The number of halogens is 4. The lowest BCUT2D eigenvalue weighted by Crippen LogP contribution is -2.28. The summed E-state index contributed by atoms with van der Waals surface area (Å²) in [6, 6.07) is 8.95. The fourth-order valence-corrected chi connectivity index (χ4v) is 4.47. The molecule has 0 aliphatic carbocycles. The molecule has 9 nitrogen and oxygen atoms in total. The Balaban J connectivity index is 1.83. The smallest absolute Gasteiger partial charge is 0.433 e. The average Bonchev–Trinajstić information content (AvgIpc) is 2.90. The number of rotatable bonds is 10. The molecule has 1 atom stereocenters. The molecule has 1 amide bonds. The highest BCUT2D eigenvalue weighted by Crippen LogP contribution is 2.32. The number of anilines is 1. The van der Waals surface area contributed by atoms with E-state index in [1.807, 2.05) is 0 Å². The van der Waals surface area contributed by atoms with E-state index < -0.39 is 49.9 Å². The summed E-state index contributed by atoms with van der Waals surface area (Å²) in [4.78, 5) is 15.8. The molecular weight excluding hydrogens is 558 g/mol. The number of benzene rings is 2. The highest BCUT2D eigenvalue weighted by Gasteiger charge is 2.33. The van der Waals surface area contributed by atoms with Crippen molar-refractivity contribution in [1.29, 1.82) is 0 Å². The van der Waals surface area contributed by atoms with Crippen LogP contribution in [-0.4, -0.2) is 39.8 Å². The predicted octanol–water partition coefficient (Wildman–Crippen LogP) is 4.24. The van der Waals surface area contributed by atoms with E-state index in [9.17, 15) is 30.8 Å². The number of methoxy groups -OCH3 is 2. The fraction of sp³-hybridized carbons (Fsp3) is 0.308. The monoisotopic (exact) mass is 585 g/mol. The molecule has 0 aliphatic heterocycles. The van der Waals surface area contributed by atoms with E-state index in [0.29, 0.717) is 17.1 Å². The van der Waals surface area contributed by atoms with E-state index in [2.05, 4.69) is 10.3 Å². The lowest BCUT2D eigenvalue weighted by Gasteiger charge is -2.18. The van der Waals surface area contributed by atoms with E-state index in [-0.39, 0.29) is 30.2 Å². The molecule has 0 saturated heterocycles. The molecule has 40 heavy (non-hydrogen) atoms. The van der Waals surface area contributed by atoms with Crippen molar-refractivity contribution in [2.24, 2.45) is 0 Å². The molecule has 1 heterocycles. The van der Waals surface area contributed by atoms with Crippen LogP contribution in [0.1, 0.15) is 35.2 Å². The topological polar surface area (TPSA) is 130 Å². The summed E-state index contributed by atoms with van der Waals surface area (Å²) in [5, 5.41) is 2.55. The Kier molecular flexibility index (Phi) is 9.13. The first-order valence-corrected chi connectivity index (χ1v) is 13.5. The van der Waals surface area contributed by atoms with Gasteiger partial charge in [-0.05, 0) is 48.4 Å². The zero-order valence-electron chi connectivity index (χ0n) is 21.9. The van der Waals surface area contributed by atoms with Crippen molar-refractivity contribution in [3.63, 3.8) is 0 Å². The van der Waals surface area contributed by atoms with Crippen LogP contribution in [0.4, 0.5) is 23.2 Å². The Morgan fingerprint density at radius 2 is 1.70 bits per heavy atom. The second-order valence-corrected chi connectivity index (χ2v) is 10.7. The van der Waals surface area contributed by atoms with Gasteiger partial charge >= 0.3 is 6.18 Å². The first-order chi connectivity index (χ1) is 18.6. The maximum atomic E-state index is 14.6. The molecule has 0 bridgehead atoms. The van der Waals surface area contributed by atoms with E-state index in [0.717, 1.165) is 24.5 Å². The molecule has 2 aromatic carbocycles. The number of nitrogens with zero attached hydrogens (tertiary/aromatic N) is 1. The highest BCUT2D eigenvalue weighted by atomic mass is 32.2. The number of nitrogen functional groups attached to an aromatic ring is 1. The summed E-state index contributed by atoms with van der Waals surface area (Å²) < 4.78 is 94.0. The van der Waals surface area contributed by atoms with Gasteiger partial charge in [0.1, 0.15) is 28.7 Å². The van der Waals surface area contributed by atoms with Gasteiger partial charge in [0.25, 0.3) is 0 Å². The van der Waals surface area contributed by atoms with Crippen molar-refractivity contribution in [3.8, 4) is 17.4 Å². The van der Waals surface area contributed by atoms with Gasteiger partial charge in [-0.15, -0.1) is 0 Å². The molecule has 14 heteroatoms. The van der Waals surface area contributed by atoms with Crippen molar-refractivity contribution in [2.45, 2.75) is 37.1 Å². The number of carbonyl (C=O) groups excluding carboxylic acids is 1. The van der Waals surface area contributed by atoms with Crippen LogP contribution in [0.2, 0.25) is 0 Å². The molecule has 0 aliphatic rings. The van der Waals surface area contributed by atoms with Crippen LogP contribution in [-0.2, 0) is 34.0 Å². The molecule has 1 unspecified atom stereocenters. The second kappa shape index (κ2) is 12.0. The highest BCUT2D eigenvalue weighted by molar-refractivity contribution is 7.90. The summed E-state index contributed by atoms with van der Waals surface area (Å²) in [5.41, 5.74) is 4.77. The summed E-state index contributed by atoms with van der Waals surface area (Å²) in [6.07, 6.45) is -3.92. The summed E-state index contributed by atoms with van der Waals surface area (Å²) in [5.74, 6) is -2.33. The zero-order valence-corrected chi connectivity index (χ0v) is 22.7. The molecular formula is C26H27F4N3O6S. The number of hydrogen-bond donors (Lipinski definition) is 2. The quantitative estimate of drug-likeness (QED) is 0.267. The number of ether oxygens (including phenoxy) is 3. The number of sulfone groups is 1. The van der Waals surface area contributed by atoms with Crippen molar-refractivity contribution >= 4 is 21.4 Å². The Hall–Kier alpha value is -4.07. The van der Waals surface area contributed by atoms with Crippen LogP contribution in [0.15, 0.2) is 47.4 Å². The van der Waals surface area contributed by atoms with Crippen molar-refractivity contribution < 1.29 is 45.0 Å². The molecule has 216 valence electrons. The Morgan fingerprint density at radius 3 is 2.25 bits per heavy atom. The number of hydrogen-bond acceptors (Lipinski definition) is 8. The van der Waals surface area contributed by atoms with Gasteiger partial charge in [-0.2, -0.15) is 13.2 Å². The molecule has 0 saturated carbocycles. The maximum Gasteiger partial charge on any atom is 0.433 e. The third-order valence-electron chi connectivity index (χ3n) is 5.91. The van der Waals surface area contributed by atoms with Crippen LogP contribution in [0.25, 0.3) is 0 Å². The Labute approximate surface area is 228 Å².